The standard InChI is InChI=1S/C24H22N6O2/c1-16-21(22(29-32-16)17-6-3-2-4-7-17)20-9-12-26-24(28-20)27-19-10-13-30(15-19)23(31)18-8-5-11-25-14-18/h2-9,11-12,14,19H,10,13,15H2,1H3,(H,26,27,28)/t19-/m1/s1. The molecule has 0 saturated carbocycles. The fourth-order valence-corrected chi connectivity index (χ4v) is 3.95. The van der Waals surface area contributed by atoms with Crippen LogP contribution in [0.5, 0.6) is 0 Å². The maximum atomic E-state index is 12.7. The van der Waals surface area contributed by atoms with Gasteiger partial charge in [0, 0.05) is 43.3 Å². The van der Waals surface area contributed by atoms with Crippen molar-refractivity contribution in [3.63, 3.8) is 0 Å². The van der Waals surface area contributed by atoms with E-state index >= 15 is 0 Å². The molecule has 1 atom stereocenters. The molecule has 3 aromatic heterocycles. The lowest BCUT2D eigenvalue weighted by Gasteiger charge is -2.17. The number of likely N-dealkylation sites (tertiary alicyclic amines) is 1. The van der Waals surface area contributed by atoms with Crippen LogP contribution in [0.15, 0.2) is 71.6 Å². The van der Waals surface area contributed by atoms with Crippen LogP contribution in [0, 0.1) is 6.92 Å². The van der Waals surface area contributed by atoms with Crippen LogP contribution in [0.25, 0.3) is 22.5 Å². The van der Waals surface area contributed by atoms with E-state index < -0.39 is 0 Å². The Morgan fingerprint density at radius 1 is 1.12 bits per heavy atom. The topological polar surface area (TPSA) is 97.0 Å². The Hall–Kier alpha value is -4.07. The number of amides is 1. The molecule has 0 bridgehead atoms. The summed E-state index contributed by atoms with van der Waals surface area (Å²) in [7, 11) is 0. The van der Waals surface area contributed by atoms with Gasteiger partial charge in [0.2, 0.25) is 5.95 Å². The number of benzene rings is 1. The highest BCUT2D eigenvalue weighted by Crippen LogP contribution is 2.33. The molecule has 0 radical (unpaired) electrons. The molecule has 4 aromatic rings. The quantitative estimate of drug-likeness (QED) is 0.518. The van der Waals surface area contributed by atoms with Crippen molar-refractivity contribution < 1.29 is 9.32 Å². The SMILES string of the molecule is Cc1onc(-c2ccccc2)c1-c1ccnc(N[C@@H]2CCN(C(=O)c3cccnc3)C2)n1. The molecule has 160 valence electrons. The zero-order valence-electron chi connectivity index (χ0n) is 17.6. The fraction of sp³-hybridized carbons (Fsp3) is 0.208. The summed E-state index contributed by atoms with van der Waals surface area (Å²) >= 11 is 0. The maximum absolute atomic E-state index is 12.7. The van der Waals surface area contributed by atoms with Crippen LogP contribution in [0.4, 0.5) is 5.95 Å². The molecule has 8 heteroatoms. The Morgan fingerprint density at radius 3 is 2.81 bits per heavy atom. The molecule has 1 amide bonds. The largest absolute Gasteiger partial charge is 0.360 e. The molecule has 8 nitrogen and oxygen atoms in total. The first kappa shape index (κ1) is 19.9. The minimum absolute atomic E-state index is 0.00957. The smallest absolute Gasteiger partial charge is 0.255 e. The first-order chi connectivity index (χ1) is 15.7. The third-order valence-corrected chi connectivity index (χ3v) is 5.54. The molecule has 32 heavy (non-hydrogen) atoms. The minimum atomic E-state index is -0.00957. The Labute approximate surface area is 185 Å². The van der Waals surface area contributed by atoms with Gasteiger partial charge in [-0.1, -0.05) is 35.5 Å². The number of carbonyl (C=O) groups is 1. The average Bonchev–Trinajstić information content (AvgIpc) is 3.46. The zero-order valence-corrected chi connectivity index (χ0v) is 17.6. The summed E-state index contributed by atoms with van der Waals surface area (Å²) in [6, 6.07) is 15.4. The van der Waals surface area contributed by atoms with Crippen molar-refractivity contribution in [1.29, 1.82) is 0 Å². The lowest BCUT2D eigenvalue weighted by atomic mass is 10.0. The molecule has 1 aliphatic rings. The lowest BCUT2D eigenvalue weighted by molar-refractivity contribution is 0.0791. The van der Waals surface area contributed by atoms with Gasteiger partial charge < -0.3 is 14.7 Å². The molecular weight excluding hydrogens is 404 g/mol. The van der Waals surface area contributed by atoms with E-state index in [9.17, 15) is 4.79 Å². The normalized spacial score (nSPS) is 15.7. The van der Waals surface area contributed by atoms with Gasteiger partial charge >= 0.3 is 0 Å². The monoisotopic (exact) mass is 426 g/mol. The Morgan fingerprint density at radius 2 is 2.00 bits per heavy atom. The molecule has 5 rings (SSSR count). The summed E-state index contributed by atoms with van der Waals surface area (Å²) in [4.78, 5) is 27.6. The number of carbonyl (C=O) groups excluding carboxylic acids is 1. The Bertz CT molecular complexity index is 1230. The van der Waals surface area contributed by atoms with Gasteiger partial charge in [-0.15, -0.1) is 0 Å². The number of anilines is 1. The van der Waals surface area contributed by atoms with Crippen LogP contribution in [0.2, 0.25) is 0 Å². The second-order valence-electron chi connectivity index (χ2n) is 7.72. The number of hydrogen-bond donors (Lipinski definition) is 1. The fourth-order valence-electron chi connectivity index (χ4n) is 3.95. The molecule has 1 fully saturated rings. The van der Waals surface area contributed by atoms with E-state index in [0.717, 1.165) is 28.9 Å². The van der Waals surface area contributed by atoms with Crippen molar-refractivity contribution >= 4 is 11.9 Å². The van der Waals surface area contributed by atoms with Crippen LogP contribution in [0.3, 0.4) is 0 Å². The van der Waals surface area contributed by atoms with Gasteiger partial charge in [-0.3, -0.25) is 9.78 Å². The van der Waals surface area contributed by atoms with Gasteiger partial charge in [0.05, 0.1) is 16.8 Å². The van der Waals surface area contributed by atoms with Crippen molar-refractivity contribution in [2.75, 3.05) is 18.4 Å². The van der Waals surface area contributed by atoms with Crippen LogP contribution in [0.1, 0.15) is 22.5 Å². The summed E-state index contributed by atoms with van der Waals surface area (Å²) in [5, 5.41) is 7.62. The molecule has 1 saturated heterocycles. The summed E-state index contributed by atoms with van der Waals surface area (Å²) in [6.07, 6.45) is 5.80. The predicted molar refractivity (Wildman–Crippen MR) is 120 cm³/mol. The van der Waals surface area contributed by atoms with Gasteiger partial charge in [-0.05, 0) is 31.5 Å². The second-order valence-corrected chi connectivity index (χ2v) is 7.72. The van der Waals surface area contributed by atoms with E-state index in [2.05, 4.69) is 20.4 Å². The molecular formula is C24H22N6O2. The Kier molecular flexibility index (Phi) is 5.33. The highest BCUT2D eigenvalue weighted by molar-refractivity contribution is 5.94. The van der Waals surface area contributed by atoms with Crippen molar-refractivity contribution in [3.05, 3.63) is 78.4 Å². The summed E-state index contributed by atoms with van der Waals surface area (Å²) < 4.78 is 5.48. The lowest BCUT2D eigenvalue weighted by Crippen LogP contribution is -2.31. The number of nitrogens with zero attached hydrogens (tertiary/aromatic N) is 5. The van der Waals surface area contributed by atoms with E-state index in [0.29, 0.717) is 30.4 Å². The maximum Gasteiger partial charge on any atom is 0.255 e. The first-order valence-corrected chi connectivity index (χ1v) is 10.5. The van der Waals surface area contributed by atoms with E-state index in [1.807, 2.05) is 48.2 Å². The van der Waals surface area contributed by atoms with Gasteiger partial charge in [0.15, 0.2) is 0 Å². The van der Waals surface area contributed by atoms with Gasteiger partial charge in [-0.25, -0.2) is 9.97 Å². The van der Waals surface area contributed by atoms with Crippen LogP contribution in [-0.2, 0) is 0 Å². The van der Waals surface area contributed by atoms with Crippen molar-refractivity contribution in [1.82, 2.24) is 25.0 Å². The highest BCUT2D eigenvalue weighted by Gasteiger charge is 2.28. The third-order valence-electron chi connectivity index (χ3n) is 5.54. The zero-order chi connectivity index (χ0) is 21.9. The van der Waals surface area contributed by atoms with E-state index in [1.165, 1.54) is 0 Å². The van der Waals surface area contributed by atoms with Gasteiger partial charge in [0.1, 0.15) is 11.5 Å². The van der Waals surface area contributed by atoms with Crippen molar-refractivity contribution in [2.24, 2.45) is 0 Å². The Balaban J connectivity index is 1.33. The molecule has 0 aliphatic carbocycles. The molecule has 0 unspecified atom stereocenters. The van der Waals surface area contributed by atoms with Crippen LogP contribution >= 0.6 is 0 Å². The third kappa shape index (κ3) is 3.94. The van der Waals surface area contributed by atoms with E-state index in [1.54, 1.807) is 30.7 Å². The minimum Gasteiger partial charge on any atom is -0.360 e. The van der Waals surface area contributed by atoms with Crippen LogP contribution < -0.4 is 5.32 Å². The second kappa shape index (κ2) is 8.58. The number of hydrogen-bond acceptors (Lipinski definition) is 7. The number of aryl methyl sites for hydroxylation is 1. The molecule has 1 N–H and O–H groups in total. The van der Waals surface area contributed by atoms with Crippen LogP contribution in [-0.4, -0.2) is 50.0 Å². The molecule has 1 aliphatic heterocycles. The number of pyridine rings is 1. The number of nitrogens with one attached hydrogen (secondary N) is 1. The molecule has 4 heterocycles. The van der Waals surface area contributed by atoms with E-state index in [-0.39, 0.29) is 11.9 Å². The van der Waals surface area contributed by atoms with Crippen molar-refractivity contribution in [2.45, 2.75) is 19.4 Å². The summed E-state index contributed by atoms with van der Waals surface area (Å²) in [6.45, 7) is 3.14. The summed E-state index contributed by atoms with van der Waals surface area (Å²) in [5.41, 5.74) is 3.90. The van der Waals surface area contributed by atoms with E-state index in [4.69, 9.17) is 9.51 Å². The number of aromatic nitrogens is 4. The predicted octanol–water partition coefficient (Wildman–Crippen LogP) is 3.83. The van der Waals surface area contributed by atoms with Gasteiger partial charge in [0.25, 0.3) is 5.91 Å². The molecule has 0 spiro atoms. The highest BCUT2D eigenvalue weighted by atomic mass is 16.5. The molecule has 1 aromatic carbocycles. The summed E-state index contributed by atoms with van der Waals surface area (Å²) in [5.74, 6) is 1.20. The first-order valence-electron chi connectivity index (χ1n) is 10.5. The van der Waals surface area contributed by atoms with Crippen molar-refractivity contribution in [3.8, 4) is 22.5 Å². The van der Waals surface area contributed by atoms with Gasteiger partial charge in [-0.2, -0.15) is 0 Å². The number of rotatable bonds is 5. The average molecular weight is 426 g/mol.